The third-order valence-electron chi connectivity index (χ3n) is 1.78. The van der Waals surface area contributed by atoms with E-state index >= 15 is 0 Å². The molecule has 1 heterocycles. The lowest BCUT2D eigenvalue weighted by molar-refractivity contribution is -0.146. The van der Waals surface area contributed by atoms with Crippen LogP contribution in [0.4, 0.5) is 0 Å². The van der Waals surface area contributed by atoms with Crippen LogP contribution in [0.25, 0.3) is 0 Å². The summed E-state index contributed by atoms with van der Waals surface area (Å²) in [4.78, 5) is 0. The molecule has 12 heavy (non-hydrogen) atoms. The summed E-state index contributed by atoms with van der Waals surface area (Å²) < 4.78 is 11.0. The maximum Gasteiger partial charge on any atom is 0.164 e. The first-order valence-electron chi connectivity index (χ1n) is 4.18. The largest absolute Gasteiger partial charge is 0.394 e. The van der Waals surface area contributed by atoms with Crippen LogP contribution in [0.1, 0.15) is 20.8 Å². The van der Waals surface area contributed by atoms with Gasteiger partial charge in [-0.2, -0.15) is 0 Å². The summed E-state index contributed by atoms with van der Waals surface area (Å²) in [5.41, 5.74) is 0. The fraction of sp³-hybridized carbons (Fsp3) is 0.778. The van der Waals surface area contributed by atoms with Crippen LogP contribution < -0.4 is 0 Å². The molecular formula is C9H16O3. The van der Waals surface area contributed by atoms with E-state index in [1.165, 1.54) is 0 Å². The number of ether oxygens (including phenoxy) is 2. The standard InChI is InChI=1S/C9H16O3/c1-4-5-7-8(6-10)12-9(2,3)11-7/h4-5,7-8,10H,6H2,1-3H3/b5-4+/t7-,8+/m1/s1. The van der Waals surface area contributed by atoms with E-state index < -0.39 is 5.79 Å². The van der Waals surface area contributed by atoms with Crippen molar-refractivity contribution in [3.63, 3.8) is 0 Å². The van der Waals surface area contributed by atoms with Gasteiger partial charge in [-0.1, -0.05) is 12.2 Å². The van der Waals surface area contributed by atoms with Crippen molar-refractivity contribution in [2.24, 2.45) is 0 Å². The molecule has 0 unspecified atom stereocenters. The molecule has 3 heteroatoms. The predicted molar refractivity (Wildman–Crippen MR) is 45.7 cm³/mol. The van der Waals surface area contributed by atoms with Gasteiger partial charge in [0.1, 0.15) is 12.2 Å². The van der Waals surface area contributed by atoms with Gasteiger partial charge < -0.3 is 14.6 Å². The van der Waals surface area contributed by atoms with Gasteiger partial charge in [0, 0.05) is 0 Å². The van der Waals surface area contributed by atoms with Crippen LogP contribution in [0, 0.1) is 0 Å². The number of rotatable bonds is 2. The Kier molecular flexibility index (Phi) is 2.88. The second-order valence-electron chi connectivity index (χ2n) is 3.35. The number of hydrogen-bond donors (Lipinski definition) is 1. The minimum atomic E-state index is -0.572. The first-order valence-corrected chi connectivity index (χ1v) is 4.18. The van der Waals surface area contributed by atoms with Crippen molar-refractivity contribution in [1.82, 2.24) is 0 Å². The Bertz CT molecular complexity index is 175. The summed E-state index contributed by atoms with van der Waals surface area (Å²) in [6.07, 6.45) is 3.46. The van der Waals surface area contributed by atoms with E-state index in [0.717, 1.165) is 0 Å². The first-order chi connectivity index (χ1) is 5.59. The Morgan fingerprint density at radius 1 is 1.42 bits per heavy atom. The maximum absolute atomic E-state index is 8.96. The number of hydrogen-bond acceptors (Lipinski definition) is 3. The highest BCUT2D eigenvalue weighted by atomic mass is 16.8. The van der Waals surface area contributed by atoms with Crippen LogP contribution in [-0.2, 0) is 9.47 Å². The Morgan fingerprint density at radius 2 is 2.08 bits per heavy atom. The van der Waals surface area contributed by atoms with E-state index in [0.29, 0.717) is 0 Å². The highest BCUT2D eigenvalue weighted by Crippen LogP contribution is 2.28. The van der Waals surface area contributed by atoms with E-state index in [1.807, 2.05) is 32.9 Å². The van der Waals surface area contributed by atoms with Gasteiger partial charge in [-0.25, -0.2) is 0 Å². The van der Waals surface area contributed by atoms with E-state index in [2.05, 4.69) is 0 Å². The number of aliphatic hydroxyl groups is 1. The van der Waals surface area contributed by atoms with Gasteiger partial charge in [-0.3, -0.25) is 0 Å². The molecule has 1 rings (SSSR count). The molecule has 0 spiro atoms. The Labute approximate surface area is 73.0 Å². The zero-order valence-electron chi connectivity index (χ0n) is 7.78. The van der Waals surface area contributed by atoms with E-state index in [9.17, 15) is 0 Å². The number of aliphatic hydroxyl groups excluding tert-OH is 1. The van der Waals surface area contributed by atoms with Gasteiger partial charge in [0.05, 0.1) is 6.61 Å². The van der Waals surface area contributed by atoms with E-state index in [1.54, 1.807) is 0 Å². The summed E-state index contributed by atoms with van der Waals surface area (Å²) >= 11 is 0. The van der Waals surface area contributed by atoms with Crippen molar-refractivity contribution in [2.75, 3.05) is 6.61 Å². The lowest BCUT2D eigenvalue weighted by Gasteiger charge is -2.15. The van der Waals surface area contributed by atoms with Crippen molar-refractivity contribution in [2.45, 2.75) is 38.8 Å². The number of allylic oxidation sites excluding steroid dienone is 1. The highest BCUT2D eigenvalue weighted by molar-refractivity contribution is 4.96. The molecule has 1 N–H and O–H groups in total. The van der Waals surface area contributed by atoms with Crippen LogP contribution >= 0.6 is 0 Å². The molecule has 70 valence electrons. The average Bonchev–Trinajstić information content (AvgIpc) is 2.26. The van der Waals surface area contributed by atoms with Crippen LogP contribution in [-0.4, -0.2) is 29.7 Å². The molecule has 1 aliphatic heterocycles. The zero-order valence-corrected chi connectivity index (χ0v) is 7.78. The maximum atomic E-state index is 8.96. The van der Waals surface area contributed by atoms with Crippen LogP contribution in [0.5, 0.6) is 0 Å². The zero-order chi connectivity index (χ0) is 9.19. The third-order valence-corrected chi connectivity index (χ3v) is 1.78. The Hall–Kier alpha value is -0.380. The van der Waals surface area contributed by atoms with Gasteiger partial charge in [0.15, 0.2) is 5.79 Å². The van der Waals surface area contributed by atoms with E-state index in [4.69, 9.17) is 14.6 Å². The smallest absolute Gasteiger partial charge is 0.164 e. The van der Waals surface area contributed by atoms with Crippen molar-refractivity contribution in [1.29, 1.82) is 0 Å². The molecule has 3 nitrogen and oxygen atoms in total. The van der Waals surface area contributed by atoms with Gasteiger partial charge in [-0.05, 0) is 20.8 Å². The Balaban J connectivity index is 2.63. The molecule has 2 atom stereocenters. The molecule has 0 amide bonds. The fourth-order valence-electron chi connectivity index (χ4n) is 1.36. The molecule has 0 aliphatic carbocycles. The van der Waals surface area contributed by atoms with Crippen molar-refractivity contribution < 1.29 is 14.6 Å². The van der Waals surface area contributed by atoms with Crippen molar-refractivity contribution in [3.05, 3.63) is 12.2 Å². The quantitative estimate of drug-likeness (QED) is 0.633. The summed E-state index contributed by atoms with van der Waals surface area (Å²) in [6, 6.07) is 0. The summed E-state index contributed by atoms with van der Waals surface area (Å²) in [7, 11) is 0. The van der Waals surface area contributed by atoms with E-state index in [-0.39, 0.29) is 18.8 Å². The molecule has 0 aromatic carbocycles. The van der Waals surface area contributed by atoms with Gasteiger partial charge in [0.25, 0.3) is 0 Å². The highest BCUT2D eigenvalue weighted by Gasteiger charge is 2.39. The lowest BCUT2D eigenvalue weighted by Crippen LogP contribution is -2.24. The topological polar surface area (TPSA) is 38.7 Å². The van der Waals surface area contributed by atoms with Crippen LogP contribution in [0.3, 0.4) is 0 Å². The Morgan fingerprint density at radius 3 is 2.58 bits per heavy atom. The summed E-state index contributed by atoms with van der Waals surface area (Å²) in [5, 5.41) is 8.96. The third kappa shape index (κ3) is 2.06. The lowest BCUT2D eigenvalue weighted by atomic mass is 10.2. The van der Waals surface area contributed by atoms with Crippen molar-refractivity contribution >= 4 is 0 Å². The SMILES string of the molecule is C/C=C/[C@H]1OC(C)(C)O[C@H]1CO. The normalized spacial score (nSPS) is 34.7. The van der Waals surface area contributed by atoms with Crippen LogP contribution in [0.2, 0.25) is 0 Å². The summed E-state index contributed by atoms with van der Waals surface area (Å²) in [6.45, 7) is 5.61. The first kappa shape index (κ1) is 9.71. The minimum absolute atomic E-state index is 0.00155. The van der Waals surface area contributed by atoms with Crippen LogP contribution in [0.15, 0.2) is 12.2 Å². The molecule has 0 aromatic rings. The van der Waals surface area contributed by atoms with Gasteiger partial charge in [0.2, 0.25) is 0 Å². The second kappa shape index (κ2) is 3.56. The second-order valence-corrected chi connectivity index (χ2v) is 3.35. The molecule has 0 bridgehead atoms. The minimum Gasteiger partial charge on any atom is -0.394 e. The van der Waals surface area contributed by atoms with Gasteiger partial charge in [-0.15, -0.1) is 0 Å². The van der Waals surface area contributed by atoms with Gasteiger partial charge >= 0.3 is 0 Å². The molecule has 0 aromatic heterocycles. The van der Waals surface area contributed by atoms with Crippen molar-refractivity contribution in [3.8, 4) is 0 Å². The molecule has 0 saturated carbocycles. The average molecular weight is 172 g/mol. The fourth-order valence-corrected chi connectivity index (χ4v) is 1.36. The summed E-state index contributed by atoms with van der Waals surface area (Å²) in [5.74, 6) is -0.572. The predicted octanol–water partition coefficient (Wildman–Crippen LogP) is 1.07. The monoisotopic (exact) mass is 172 g/mol. The molecule has 1 fully saturated rings. The molecule has 0 radical (unpaired) electrons. The molecular weight excluding hydrogens is 156 g/mol. The molecule has 1 saturated heterocycles. The molecule has 1 aliphatic rings.